The molecule has 2 amide bonds. The van der Waals surface area contributed by atoms with Gasteiger partial charge in [0.25, 0.3) is 0 Å². The summed E-state index contributed by atoms with van der Waals surface area (Å²) in [5.41, 5.74) is 1.05. The average Bonchev–Trinajstić information content (AvgIpc) is 2.54. The second-order valence-electron chi connectivity index (χ2n) is 5.26. The molecular weight excluding hydrogens is 296 g/mol. The van der Waals surface area contributed by atoms with E-state index in [9.17, 15) is 9.59 Å². The third-order valence-corrected chi connectivity index (χ3v) is 3.16. The van der Waals surface area contributed by atoms with Crippen molar-refractivity contribution in [2.24, 2.45) is 10.2 Å². The molecule has 0 atom stereocenters. The Morgan fingerprint density at radius 2 is 1.52 bits per heavy atom. The Balaban J connectivity index is 2.16. The standard InChI is InChI=1S/C17H24N2O4/c1-3-4-5-6-7-8-13-22-16(20)18-19-17(21)23-15-11-9-14(2)10-12-15/h9-12H,3-8,13H2,1-2H3/b19-18+. The van der Waals surface area contributed by atoms with Gasteiger partial charge in [-0.15, -0.1) is 0 Å². The van der Waals surface area contributed by atoms with E-state index in [1.54, 1.807) is 24.3 Å². The zero-order chi connectivity index (χ0) is 16.9. The van der Waals surface area contributed by atoms with Gasteiger partial charge in [0.1, 0.15) is 5.75 Å². The SMILES string of the molecule is CCCCCCCCOC(=O)/N=N/C(=O)Oc1ccc(C)cc1. The van der Waals surface area contributed by atoms with Gasteiger partial charge in [-0.1, -0.05) is 67.0 Å². The molecule has 23 heavy (non-hydrogen) atoms. The predicted molar refractivity (Wildman–Crippen MR) is 86.8 cm³/mol. The number of ether oxygens (including phenoxy) is 2. The van der Waals surface area contributed by atoms with Crippen molar-refractivity contribution in [2.45, 2.75) is 52.4 Å². The van der Waals surface area contributed by atoms with Gasteiger partial charge in [0.2, 0.25) is 0 Å². The van der Waals surface area contributed by atoms with Crippen molar-refractivity contribution in [3.8, 4) is 5.75 Å². The predicted octanol–water partition coefficient (Wildman–Crippen LogP) is 5.44. The molecule has 0 heterocycles. The molecule has 0 spiro atoms. The van der Waals surface area contributed by atoms with E-state index in [4.69, 9.17) is 9.47 Å². The molecule has 0 aliphatic rings. The van der Waals surface area contributed by atoms with Gasteiger partial charge in [-0.3, -0.25) is 0 Å². The summed E-state index contributed by atoms with van der Waals surface area (Å²) in [7, 11) is 0. The van der Waals surface area contributed by atoms with Gasteiger partial charge >= 0.3 is 12.2 Å². The van der Waals surface area contributed by atoms with Crippen LogP contribution in [-0.2, 0) is 4.74 Å². The van der Waals surface area contributed by atoms with Gasteiger partial charge in [0.05, 0.1) is 6.61 Å². The molecule has 1 aromatic carbocycles. The fourth-order valence-electron chi connectivity index (χ4n) is 1.88. The summed E-state index contributed by atoms with van der Waals surface area (Å²) in [4.78, 5) is 22.7. The van der Waals surface area contributed by atoms with Crippen molar-refractivity contribution in [2.75, 3.05) is 6.61 Å². The quantitative estimate of drug-likeness (QED) is 0.472. The van der Waals surface area contributed by atoms with Gasteiger partial charge in [0, 0.05) is 0 Å². The van der Waals surface area contributed by atoms with E-state index in [-0.39, 0.29) is 6.61 Å². The highest BCUT2D eigenvalue weighted by molar-refractivity contribution is 5.74. The molecule has 0 bridgehead atoms. The molecule has 0 N–H and O–H groups in total. The maximum absolute atomic E-state index is 11.4. The van der Waals surface area contributed by atoms with Crippen LogP contribution in [0, 0.1) is 6.92 Å². The topological polar surface area (TPSA) is 77.3 Å². The minimum atomic E-state index is -0.953. The van der Waals surface area contributed by atoms with Crippen molar-refractivity contribution >= 4 is 12.2 Å². The highest BCUT2D eigenvalue weighted by atomic mass is 16.6. The molecule has 126 valence electrons. The molecular formula is C17H24N2O4. The van der Waals surface area contributed by atoms with E-state index in [1.807, 2.05) is 6.92 Å². The van der Waals surface area contributed by atoms with Crippen LogP contribution in [0.1, 0.15) is 51.0 Å². The number of benzene rings is 1. The minimum Gasteiger partial charge on any atom is -0.447 e. The first-order valence-electron chi connectivity index (χ1n) is 7.98. The number of aryl methyl sites for hydroxylation is 1. The Kier molecular flexibility index (Phi) is 9.28. The molecule has 0 unspecified atom stereocenters. The lowest BCUT2D eigenvalue weighted by Gasteiger charge is -2.01. The van der Waals surface area contributed by atoms with Gasteiger partial charge in [-0.25, -0.2) is 9.59 Å². The molecule has 0 saturated carbocycles. The zero-order valence-corrected chi connectivity index (χ0v) is 13.8. The summed E-state index contributed by atoms with van der Waals surface area (Å²) < 4.78 is 9.75. The summed E-state index contributed by atoms with van der Waals surface area (Å²) in [5.74, 6) is 0.347. The maximum Gasteiger partial charge on any atom is 0.458 e. The molecule has 0 radical (unpaired) electrons. The normalized spacial score (nSPS) is 10.7. The van der Waals surface area contributed by atoms with Gasteiger partial charge in [-0.05, 0) is 25.5 Å². The fourth-order valence-corrected chi connectivity index (χ4v) is 1.88. The maximum atomic E-state index is 11.4. The number of hydrogen-bond acceptors (Lipinski definition) is 4. The number of carbonyl (C=O) groups is 2. The van der Waals surface area contributed by atoms with Crippen LogP contribution in [0.4, 0.5) is 9.59 Å². The molecule has 6 nitrogen and oxygen atoms in total. The van der Waals surface area contributed by atoms with E-state index in [0.29, 0.717) is 5.75 Å². The minimum absolute atomic E-state index is 0.289. The Labute approximate surface area is 136 Å². The number of unbranched alkanes of at least 4 members (excludes halogenated alkanes) is 5. The fraction of sp³-hybridized carbons (Fsp3) is 0.529. The van der Waals surface area contributed by atoms with Crippen LogP contribution in [-0.4, -0.2) is 18.8 Å². The summed E-state index contributed by atoms with van der Waals surface area (Å²) in [6, 6.07) is 6.88. The van der Waals surface area contributed by atoms with Crippen molar-refractivity contribution in [1.29, 1.82) is 0 Å². The molecule has 0 fully saturated rings. The van der Waals surface area contributed by atoms with E-state index in [0.717, 1.165) is 24.8 Å². The van der Waals surface area contributed by atoms with Crippen LogP contribution in [0.2, 0.25) is 0 Å². The Morgan fingerprint density at radius 3 is 2.22 bits per heavy atom. The molecule has 1 aromatic rings. The van der Waals surface area contributed by atoms with Crippen LogP contribution in [0.5, 0.6) is 5.75 Å². The average molecular weight is 320 g/mol. The second kappa shape index (κ2) is 11.3. The van der Waals surface area contributed by atoms with Crippen molar-refractivity contribution in [3.63, 3.8) is 0 Å². The van der Waals surface area contributed by atoms with Crippen LogP contribution < -0.4 is 4.74 Å². The molecule has 0 saturated heterocycles. The summed E-state index contributed by atoms with van der Waals surface area (Å²) in [6.45, 7) is 4.37. The van der Waals surface area contributed by atoms with Crippen LogP contribution in [0.3, 0.4) is 0 Å². The van der Waals surface area contributed by atoms with Gasteiger partial charge in [0.15, 0.2) is 0 Å². The van der Waals surface area contributed by atoms with Crippen LogP contribution in [0.15, 0.2) is 34.5 Å². The lowest BCUT2D eigenvalue weighted by Crippen LogP contribution is -2.04. The number of hydrogen-bond donors (Lipinski definition) is 0. The first-order chi connectivity index (χ1) is 11.1. The zero-order valence-electron chi connectivity index (χ0n) is 13.8. The lowest BCUT2D eigenvalue weighted by atomic mass is 10.1. The molecule has 0 aliphatic heterocycles. The number of azo groups is 1. The Morgan fingerprint density at radius 1 is 0.913 bits per heavy atom. The number of rotatable bonds is 8. The van der Waals surface area contributed by atoms with Crippen molar-refractivity contribution in [1.82, 2.24) is 0 Å². The highest BCUT2D eigenvalue weighted by Gasteiger charge is 2.05. The Bertz CT molecular complexity index is 512. The van der Waals surface area contributed by atoms with E-state index in [2.05, 4.69) is 17.2 Å². The number of carbonyl (C=O) groups excluding carboxylic acids is 2. The summed E-state index contributed by atoms with van der Waals surface area (Å²) in [6.07, 6.45) is 4.75. The molecule has 0 aliphatic carbocycles. The molecule has 6 heteroatoms. The monoisotopic (exact) mass is 320 g/mol. The van der Waals surface area contributed by atoms with E-state index < -0.39 is 12.2 Å². The second-order valence-corrected chi connectivity index (χ2v) is 5.26. The van der Waals surface area contributed by atoms with Gasteiger partial charge in [-0.2, -0.15) is 0 Å². The van der Waals surface area contributed by atoms with Crippen LogP contribution in [0.25, 0.3) is 0 Å². The van der Waals surface area contributed by atoms with E-state index >= 15 is 0 Å². The van der Waals surface area contributed by atoms with E-state index in [1.165, 1.54) is 19.3 Å². The largest absolute Gasteiger partial charge is 0.458 e. The molecule has 1 rings (SSSR count). The highest BCUT2D eigenvalue weighted by Crippen LogP contribution is 2.12. The number of nitrogens with zero attached hydrogens (tertiary/aromatic N) is 2. The summed E-state index contributed by atoms with van der Waals surface area (Å²) >= 11 is 0. The number of amides is 2. The van der Waals surface area contributed by atoms with Crippen molar-refractivity contribution in [3.05, 3.63) is 29.8 Å². The van der Waals surface area contributed by atoms with Crippen LogP contribution >= 0.6 is 0 Å². The summed E-state index contributed by atoms with van der Waals surface area (Å²) in [5, 5.41) is 6.34. The Hall–Kier alpha value is -2.24. The smallest absolute Gasteiger partial charge is 0.447 e. The third-order valence-electron chi connectivity index (χ3n) is 3.16. The molecule has 0 aromatic heterocycles. The first-order valence-corrected chi connectivity index (χ1v) is 7.98. The van der Waals surface area contributed by atoms with Crippen molar-refractivity contribution < 1.29 is 19.1 Å². The third kappa shape index (κ3) is 9.39. The lowest BCUT2D eigenvalue weighted by molar-refractivity contribution is 0.151. The van der Waals surface area contributed by atoms with Gasteiger partial charge < -0.3 is 9.47 Å². The first kappa shape index (κ1) is 18.8.